The van der Waals surface area contributed by atoms with Crippen LogP contribution in [0.1, 0.15) is 13.3 Å². The summed E-state index contributed by atoms with van der Waals surface area (Å²) in [7, 11) is 1.70. The minimum Gasteiger partial charge on any atom is -0.393 e. The maximum absolute atomic E-state index is 9.06. The molecular weight excluding hydrogens is 196 g/mol. The minimum atomic E-state index is -0.347. The van der Waals surface area contributed by atoms with Crippen LogP contribution in [0.25, 0.3) is 0 Å². The van der Waals surface area contributed by atoms with Crippen LogP contribution in [0.15, 0.2) is 0 Å². The summed E-state index contributed by atoms with van der Waals surface area (Å²) in [5, 5.41) is 14.8. The molecule has 1 heterocycles. The summed E-state index contributed by atoms with van der Waals surface area (Å²) in [5.74, 6) is 0.989. The van der Waals surface area contributed by atoms with Crippen LogP contribution in [0, 0.1) is 0 Å². The molecule has 0 aliphatic rings. The predicted octanol–water partition coefficient (Wildman–Crippen LogP) is -0.322. The SMILES string of the molecule is CNc1nc(N)nc(NCCC(C)O)n1. The van der Waals surface area contributed by atoms with Gasteiger partial charge in [0.1, 0.15) is 0 Å². The van der Waals surface area contributed by atoms with E-state index in [0.29, 0.717) is 24.9 Å². The fourth-order valence-electron chi connectivity index (χ4n) is 0.976. The van der Waals surface area contributed by atoms with Crippen LogP contribution in [0.5, 0.6) is 0 Å². The standard InChI is InChI=1S/C8H16N6O/c1-5(15)3-4-11-8-13-6(9)12-7(10-2)14-8/h5,15H,3-4H2,1-2H3,(H4,9,10,11,12,13,14). The number of hydrogen-bond acceptors (Lipinski definition) is 7. The van der Waals surface area contributed by atoms with Crippen LogP contribution in [0.2, 0.25) is 0 Å². The molecule has 7 nitrogen and oxygen atoms in total. The number of nitrogens with zero attached hydrogens (tertiary/aromatic N) is 3. The first-order chi connectivity index (χ1) is 7.11. The Labute approximate surface area is 88.1 Å². The normalized spacial score (nSPS) is 12.2. The first-order valence-electron chi connectivity index (χ1n) is 4.73. The number of aliphatic hydroxyl groups is 1. The molecule has 0 fully saturated rings. The fraction of sp³-hybridized carbons (Fsp3) is 0.625. The van der Waals surface area contributed by atoms with E-state index in [4.69, 9.17) is 10.8 Å². The molecule has 0 amide bonds. The Bertz CT molecular complexity index is 316. The molecule has 0 radical (unpaired) electrons. The Morgan fingerprint density at radius 2 is 2.00 bits per heavy atom. The van der Waals surface area contributed by atoms with Gasteiger partial charge in [-0.15, -0.1) is 0 Å². The van der Waals surface area contributed by atoms with Gasteiger partial charge in [-0.25, -0.2) is 0 Å². The summed E-state index contributed by atoms with van der Waals surface area (Å²) in [4.78, 5) is 11.8. The first kappa shape index (κ1) is 11.4. The van der Waals surface area contributed by atoms with E-state index >= 15 is 0 Å². The topological polar surface area (TPSA) is 109 Å². The summed E-state index contributed by atoms with van der Waals surface area (Å²) in [5.41, 5.74) is 5.47. The molecule has 0 bridgehead atoms. The lowest BCUT2D eigenvalue weighted by Crippen LogP contribution is -2.13. The van der Waals surface area contributed by atoms with Gasteiger partial charge < -0.3 is 21.5 Å². The zero-order valence-corrected chi connectivity index (χ0v) is 8.86. The van der Waals surface area contributed by atoms with Crippen molar-refractivity contribution in [2.45, 2.75) is 19.4 Å². The second kappa shape index (κ2) is 5.30. The molecule has 15 heavy (non-hydrogen) atoms. The summed E-state index contributed by atoms with van der Waals surface area (Å²) in [6.45, 7) is 2.31. The number of anilines is 3. The zero-order valence-electron chi connectivity index (χ0n) is 8.86. The molecule has 84 valence electrons. The van der Waals surface area contributed by atoms with Crippen molar-refractivity contribution < 1.29 is 5.11 Å². The van der Waals surface area contributed by atoms with E-state index in [2.05, 4.69) is 25.6 Å². The Morgan fingerprint density at radius 3 is 2.60 bits per heavy atom. The van der Waals surface area contributed by atoms with Gasteiger partial charge in [0.15, 0.2) is 0 Å². The largest absolute Gasteiger partial charge is 0.393 e. The molecule has 1 atom stereocenters. The highest BCUT2D eigenvalue weighted by molar-refractivity contribution is 5.39. The number of nitrogen functional groups attached to an aromatic ring is 1. The van der Waals surface area contributed by atoms with Gasteiger partial charge in [-0.1, -0.05) is 0 Å². The van der Waals surface area contributed by atoms with Gasteiger partial charge in [-0.2, -0.15) is 15.0 Å². The quantitative estimate of drug-likeness (QED) is 0.529. The van der Waals surface area contributed by atoms with Crippen LogP contribution >= 0.6 is 0 Å². The Balaban J connectivity index is 2.56. The summed E-state index contributed by atoms with van der Waals surface area (Å²) in [6.07, 6.45) is 0.279. The van der Waals surface area contributed by atoms with Crippen molar-refractivity contribution in [3.8, 4) is 0 Å². The molecule has 1 unspecified atom stereocenters. The van der Waals surface area contributed by atoms with Crippen LogP contribution < -0.4 is 16.4 Å². The molecule has 5 N–H and O–H groups in total. The van der Waals surface area contributed by atoms with Gasteiger partial charge in [0.25, 0.3) is 0 Å². The Kier molecular flexibility index (Phi) is 4.04. The summed E-state index contributed by atoms with van der Waals surface area (Å²) < 4.78 is 0. The van der Waals surface area contributed by atoms with E-state index in [0.717, 1.165) is 0 Å². The summed E-state index contributed by atoms with van der Waals surface area (Å²) in [6, 6.07) is 0. The molecule has 1 rings (SSSR count). The van der Waals surface area contributed by atoms with Gasteiger partial charge in [0, 0.05) is 13.6 Å². The third-order valence-electron chi connectivity index (χ3n) is 1.72. The van der Waals surface area contributed by atoms with Crippen molar-refractivity contribution in [1.82, 2.24) is 15.0 Å². The zero-order chi connectivity index (χ0) is 11.3. The van der Waals surface area contributed by atoms with E-state index in [1.807, 2.05) is 0 Å². The fourth-order valence-corrected chi connectivity index (χ4v) is 0.976. The van der Waals surface area contributed by atoms with Crippen LogP contribution in [-0.2, 0) is 0 Å². The van der Waals surface area contributed by atoms with Gasteiger partial charge in [-0.05, 0) is 13.3 Å². The van der Waals surface area contributed by atoms with Gasteiger partial charge in [0.05, 0.1) is 6.10 Å². The van der Waals surface area contributed by atoms with Crippen LogP contribution in [0.3, 0.4) is 0 Å². The average molecular weight is 212 g/mol. The third-order valence-corrected chi connectivity index (χ3v) is 1.72. The van der Waals surface area contributed by atoms with Crippen molar-refractivity contribution in [3.63, 3.8) is 0 Å². The van der Waals surface area contributed by atoms with Gasteiger partial charge in [-0.3, -0.25) is 0 Å². The lowest BCUT2D eigenvalue weighted by atomic mass is 10.3. The third kappa shape index (κ3) is 3.94. The molecule has 1 aromatic rings. The highest BCUT2D eigenvalue weighted by Gasteiger charge is 2.02. The number of aromatic nitrogens is 3. The Morgan fingerprint density at radius 1 is 1.33 bits per heavy atom. The lowest BCUT2D eigenvalue weighted by molar-refractivity contribution is 0.188. The van der Waals surface area contributed by atoms with Crippen molar-refractivity contribution in [2.75, 3.05) is 30.0 Å². The smallest absolute Gasteiger partial charge is 0.229 e. The van der Waals surface area contributed by atoms with E-state index in [1.165, 1.54) is 0 Å². The monoisotopic (exact) mass is 212 g/mol. The lowest BCUT2D eigenvalue weighted by Gasteiger charge is -2.07. The maximum Gasteiger partial charge on any atom is 0.229 e. The molecule has 0 saturated heterocycles. The molecule has 1 aromatic heterocycles. The molecule has 7 heteroatoms. The molecule has 0 aromatic carbocycles. The van der Waals surface area contributed by atoms with Crippen molar-refractivity contribution in [3.05, 3.63) is 0 Å². The van der Waals surface area contributed by atoms with Crippen molar-refractivity contribution >= 4 is 17.8 Å². The number of rotatable bonds is 5. The molecular formula is C8H16N6O. The van der Waals surface area contributed by atoms with Crippen molar-refractivity contribution in [2.24, 2.45) is 0 Å². The highest BCUT2D eigenvalue weighted by Crippen LogP contribution is 2.05. The second-order valence-corrected chi connectivity index (χ2v) is 3.16. The summed E-state index contributed by atoms with van der Waals surface area (Å²) >= 11 is 0. The predicted molar refractivity (Wildman–Crippen MR) is 58.6 cm³/mol. The number of hydrogen-bond donors (Lipinski definition) is 4. The number of aliphatic hydroxyl groups excluding tert-OH is 1. The average Bonchev–Trinajstić information content (AvgIpc) is 2.16. The molecule has 0 aliphatic heterocycles. The Hall–Kier alpha value is -1.63. The van der Waals surface area contributed by atoms with Crippen LogP contribution in [-0.4, -0.2) is 39.8 Å². The number of nitrogens with two attached hydrogens (primary N) is 1. The van der Waals surface area contributed by atoms with Crippen molar-refractivity contribution in [1.29, 1.82) is 0 Å². The van der Waals surface area contributed by atoms with Gasteiger partial charge in [0.2, 0.25) is 17.8 Å². The van der Waals surface area contributed by atoms with Gasteiger partial charge >= 0.3 is 0 Å². The minimum absolute atomic E-state index is 0.161. The second-order valence-electron chi connectivity index (χ2n) is 3.16. The van der Waals surface area contributed by atoms with Crippen LogP contribution in [0.4, 0.5) is 17.8 Å². The molecule has 0 spiro atoms. The maximum atomic E-state index is 9.06. The van der Waals surface area contributed by atoms with E-state index in [1.54, 1.807) is 14.0 Å². The molecule has 0 saturated carbocycles. The number of nitrogens with one attached hydrogen (secondary N) is 2. The van der Waals surface area contributed by atoms with E-state index in [9.17, 15) is 0 Å². The first-order valence-corrected chi connectivity index (χ1v) is 4.73. The molecule has 0 aliphatic carbocycles. The van der Waals surface area contributed by atoms with E-state index in [-0.39, 0.29) is 12.1 Å². The van der Waals surface area contributed by atoms with E-state index < -0.39 is 0 Å². The highest BCUT2D eigenvalue weighted by atomic mass is 16.3.